The molecule has 1 aromatic rings. The molecule has 6 nitrogen and oxygen atoms in total. The van der Waals surface area contributed by atoms with Crippen molar-refractivity contribution in [2.24, 2.45) is 10.8 Å². The molecule has 1 aliphatic rings. The Bertz CT molecular complexity index is 467. The van der Waals surface area contributed by atoms with Crippen LogP contribution in [-0.2, 0) is 4.79 Å². The van der Waals surface area contributed by atoms with Crippen LogP contribution in [0.3, 0.4) is 0 Å². The number of benzene rings is 1. The van der Waals surface area contributed by atoms with Gasteiger partial charge in [0.05, 0.1) is 5.69 Å². The van der Waals surface area contributed by atoms with Crippen molar-refractivity contribution in [3.8, 4) is 0 Å². The predicted molar refractivity (Wildman–Crippen MR) is 54.3 cm³/mol. The molecule has 0 saturated heterocycles. The number of rotatable bonds is 1. The van der Waals surface area contributed by atoms with Gasteiger partial charge in [-0.05, 0) is 6.07 Å². The van der Waals surface area contributed by atoms with Crippen LogP contribution in [0.25, 0.3) is 0 Å². The van der Waals surface area contributed by atoms with Gasteiger partial charge in [-0.1, -0.05) is 18.2 Å². The molecule has 3 amide bonds. The number of primary amides is 1. The van der Waals surface area contributed by atoms with Gasteiger partial charge in [-0.25, -0.2) is 10.2 Å². The molecule has 1 aliphatic heterocycles. The summed E-state index contributed by atoms with van der Waals surface area (Å²) in [6.45, 7) is 0. The lowest BCUT2D eigenvalue weighted by atomic mass is 10.1. The van der Waals surface area contributed by atoms with E-state index < -0.39 is 6.03 Å². The summed E-state index contributed by atoms with van der Waals surface area (Å²) in [7, 11) is 0. The predicted octanol–water partition coefficient (Wildman–Crippen LogP) is 0.0111. The number of hydrogen-bond donors (Lipinski definition) is 3. The van der Waals surface area contributed by atoms with Gasteiger partial charge in [0.2, 0.25) is 0 Å². The fourth-order valence-corrected chi connectivity index (χ4v) is 1.32. The van der Waals surface area contributed by atoms with Crippen LogP contribution in [0.4, 0.5) is 10.5 Å². The lowest BCUT2D eigenvalue weighted by molar-refractivity contribution is -0.110. The normalized spacial score (nSPS) is 16.0. The van der Waals surface area contributed by atoms with Gasteiger partial charge in [-0.3, -0.25) is 4.79 Å². The summed E-state index contributed by atoms with van der Waals surface area (Å²) in [5.74, 6) is -0.357. The zero-order chi connectivity index (χ0) is 10.8. The number of urea groups is 1. The molecule has 1 aromatic carbocycles. The third kappa shape index (κ3) is 1.64. The van der Waals surface area contributed by atoms with Crippen molar-refractivity contribution in [3.63, 3.8) is 0 Å². The summed E-state index contributed by atoms with van der Waals surface area (Å²) in [4.78, 5) is 21.9. The van der Waals surface area contributed by atoms with Crippen molar-refractivity contribution in [1.29, 1.82) is 0 Å². The molecule has 0 bridgehead atoms. The molecule has 1 heterocycles. The average molecular weight is 204 g/mol. The number of para-hydroxylation sites is 1. The summed E-state index contributed by atoms with van der Waals surface area (Å²) in [6.07, 6.45) is 0. The second kappa shape index (κ2) is 3.41. The Kier molecular flexibility index (Phi) is 2.09. The highest BCUT2D eigenvalue weighted by molar-refractivity contribution is 6.53. The number of nitrogens with zero attached hydrogens (tertiary/aromatic N) is 1. The number of nitrogens with one attached hydrogen (secondary N) is 2. The number of fused-ring (bicyclic) bond motifs is 1. The number of carbonyl (C=O) groups is 2. The van der Waals surface area contributed by atoms with Gasteiger partial charge in [0.1, 0.15) is 0 Å². The Morgan fingerprint density at radius 3 is 2.87 bits per heavy atom. The lowest BCUT2D eigenvalue weighted by Gasteiger charge is -1.96. The molecule has 0 atom stereocenters. The molecule has 0 aromatic heterocycles. The van der Waals surface area contributed by atoms with Crippen LogP contribution in [-0.4, -0.2) is 17.6 Å². The first-order valence-electron chi connectivity index (χ1n) is 4.22. The number of nitrogens with two attached hydrogens (primary N) is 1. The van der Waals surface area contributed by atoms with Gasteiger partial charge in [-0.2, -0.15) is 5.10 Å². The highest BCUT2D eigenvalue weighted by Gasteiger charge is 2.25. The Morgan fingerprint density at radius 2 is 2.13 bits per heavy atom. The topological polar surface area (TPSA) is 96.6 Å². The van der Waals surface area contributed by atoms with Gasteiger partial charge in [0, 0.05) is 5.56 Å². The number of carbonyl (C=O) groups excluding carboxylic acids is 2. The summed E-state index contributed by atoms with van der Waals surface area (Å²) in [5.41, 5.74) is 8.35. The lowest BCUT2D eigenvalue weighted by Crippen LogP contribution is -2.27. The minimum absolute atomic E-state index is 0.157. The second-order valence-electron chi connectivity index (χ2n) is 2.94. The number of amides is 3. The van der Waals surface area contributed by atoms with Crippen LogP contribution in [0.2, 0.25) is 0 Å². The Hall–Kier alpha value is -2.37. The van der Waals surface area contributed by atoms with Gasteiger partial charge < -0.3 is 11.1 Å². The van der Waals surface area contributed by atoms with Gasteiger partial charge >= 0.3 is 6.03 Å². The van der Waals surface area contributed by atoms with E-state index in [1.807, 2.05) is 5.43 Å². The van der Waals surface area contributed by atoms with Gasteiger partial charge in [0.15, 0.2) is 5.71 Å². The van der Waals surface area contributed by atoms with Crippen LogP contribution in [0.15, 0.2) is 29.4 Å². The molecule has 0 radical (unpaired) electrons. The molecule has 2 rings (SSSR count). The maximum atomic E-state index is 11.4. The molecule has 0 saturated carbocycles. The molecule has 0 fully saturated rings. The zero-order valence-corrected chi connectivity index (χ0v) is 7.65. The third-order valence-corrected chi connectivity index (χ3v) is 1.92. The van der Waals surface area contributed by atoms with Crippen molar-refractivity contribution in [2.45, 2.75) is 0 Å². The SMILES string of the molecule is NC(=O)N/N=C1\C(=O)Nc2ccccc21. The zero-order valence-electron chi connectivity index (χ0n) is 7.65. The van der Waals surface area contributed by atoms with Crippen LogP contribution in [0, 0.1) is 0 Å². The van der Waals surface area contributed by atoms with Crippen molar-refractivity contribution in [2.75, 3.05) is 5.32 Å². The summed E-state index contributed by atoms with van der Waals surface area (Å²) in [5, 5.41) is 6.23. The van der Waals surface area contributed by atoms with Crippen LogP contribution < -0.4 is 16.5 Å². The van der Waals surface area contributed by atoms with E-state index in [9.17, 15) is 9.59 Å². The second-order valence-corrected chi connectivity index (χ2v) is 2.94. The number of hydrazone groups is 1. The molecule has 6 heteroatoms. The van der Waals surface area contributed by atoms with Crippen molar-refractivity contribution in [1.82, 2.24) is 5.43 Å². The average Bonchev–Trinajstić information content (AvgIpc) is 2.50. The molecule has 0 unspecified atom stereocenters. The molecule has 4 N–H and O–H groups in total. The Balaban J connectivity index is 2.37. The highest BCUT2D eigenvalue weighted by Crippen LogP contribution is 2.22. The van der Waals surface area contributed by atoms with Crippen LogP contribution in [0.5, 0.6) is 0 Å². The van der Waals surface area contributed by atoms with Crippen molar-refractivity contribution in [3.05, 3.63) is 29.8 Å². The van der Waals surface area contributed by atoms with E-state index in [1.165, 1.54) is 0 Å². The first kappa shape index (κ1) is 9.20. The van der Waals surface area contributed by atoms with Crippen LogP contribution >= 0.6 is 0 Å². The molecule has 0 spiro atoms. The van der Waals surface area contributed by atoms with Gasteiger partial charge in [-0.15, -0.1) is 0 Å². The minimum atomic E-state index is -0.806. The summed E-state index contributed by atoms with van der Waals surface area (Å²) < 4.78 is 0. The first-order valence-corrected chi connectivity index (χ1v) is 4.22. The first-order chi connectivity index (χ1) is 7.18. The third-order valence-electron chi connectivity index (χ3n) is 1.92. The molecular formula is C9H8N4O2. The van der Waals surface area contributed by atoms with Crippen LogP contribution in [0.1, 0.15) is 5.56 Å². The van der Waals surface area contributed by atoms with Gasteiger partial charge in [0.25, 0.3) is 5.91 Å². The van der Waals surface area contributed by atoms with E-state index in [0.29, 0.717) is 11.3 Å². The van der Waals surface area contributed by atoms with E-state index >= 15 is 0 Å². The molecular weight excluding hydrogens is 196 g/mol. The molecule has 0 aliphatic carbocycles. The molecule has 76 valence electrons. The Labute approximate surface area is 85.1 Å². The number of anilines is 1. The van der Waals surface area contributed by atoms with E-state index in [-0.39, 0.29) is 11.6 Å². The van der Waals surface area contributed by atoms with Crippen molar-refractivity contribution >= 4 is 23.3 Å². The van der Waals surface area contributed by atoms with E-state index in [0.717, 1.165) is 0 Å². The largest absolute Gasteiger partial charge is 0.350 e. The summed E-state index contributed by atoms with van der Waals surface area (Å²) >= 11 is 0. The monoisotopic (exact) mass is 204 g/mol. The summed E-state index contributed by atoms with van der Waals surface area (Å²) in [6, 6.07) is 6.25. The standard InChI is InChI=1S/C9H8N4O2/c10-9(15)13-12-7-5-3-1-2-4-6(5)11-8(7)14/h1-4H,(H3,10,13,15)(H,11,12,14). The quantitative estimate of drug-likeness (QED) is 0.562. The van der Waals surface area contributed by atoms with E-state index in [1.54, 1.807) is 24.3 Å². The van der Waals surface area contributed by atoms with E-state index in [4.69, 9.17) is 5.73 Å². The van der Waals surface area contributed by atoms with Crippen molar-refractivity contribution < 1.29 is 9.59 Å². The maximum absolute atomic E-state index is 11.4. The number of hydrogen-bond acceptors (Lipinski definition) is 3. The fourth-order valence-electron chi connectivity index (χ4n) is 1.32. The smallest absolute Gasteiger partial charge is 0.332 e. The van der Waals surface area contributed by atoms with E-state index in [2.05, 4.69) is 10.4 Å². The molecule has 15 heavy (non-hydrogen) atoms. The maximum Gasteiger partial charge on any atom is 0.332 e. The Morgan fingerprint density at radius 1 is 1.40 bits per heavy atom. The minimum Gasteiger partial charge on any atom is -0.350 e. The highest BCUT2D eigenvalue weighted by atomic mass is 16.2. The fraction of sp³-hybridized carbons (Fsp3) is 0.